The SMILES string of the molecule is CCCCC[C@H](N(C(=O)OC)C(=O)OC(C)(C)C)[Sn]([CH2]CCC)([CH2]CCC)[CH2]CCC. The summed E-state index contributed by atoms with van der Waals surface area (Å²) in [6.45, 7) is 14.5. The summed E-state index contributed by atoms with van der Waals surface area (Å²) >= 11 is -2.97. The molecular weight excluding hydrogens is 497 g/mol. The molecule has 0 aromatic heterocycles. The first-order chi connectivity index (χ1) is 14.6. The molecule has 0 bridgehead atoms. The van der Waals surface area contributed by atoms with Crippen molar-refractivity contribution in [1.29, 1.82) is 0 Å². The van der Waals surface area contributed by atoms with E-state index in [0.29, 0.717) is 0 Å². The van der Waals surface area contributed by atoms with Crippen LogP contribution >= 0.6 is 0 Å². The Balaban J connectivity index is 6.41. The molecule has 0 aliphatic carbocycles. The van der Waals surface area contributed by atoms with Crippen molar-refractivity contribution in [3.63, 3.8) is 0 Å². The van der Waals surface area contributed by atoms with Crippen LogP contribution in [0.1, 0.15) is 113 Å². The fraction of sp³-hybridized carbons (Fsp3) is 0.920. The normalized spacial score (nSPS) is 13.0. The second-order valence-corrected chi connectivity index (χ2v) is 24.0. The number of carbonyl (C=O) groups is 2. The third-order valence-electron chi connectivity index (χ3n) is 6.15. The van der Waals surface area contributed by atoms with E-state index in [0.717, 1.165) is 44.9 Å². The summed E-state index contributed by atoms with van der Waals surface area (Å²) in [5.41, 5.74) is -0.647. The quantitative estimate of drug-likeness (QED) is 0.153. The van der Waals surface area contributed by atoms with Gasteiger partial charge in [-0.2, -0.15) is 0 Å². The molecule has 5 nitrogen and oxygen atoms in total. The van der Waals surface area contributed by atoms with Crippen LogP contribution in [0.4, 0.5) is 9.59 Å². The van der Waals surface area contributed by atoms with Crippen molar-refractivity contribution in [2.24, 2.45) is 0 Å². The molecule has 31 heavy (non-hydrogen) atoms. The molecule has 184 valence electrons. The van der Waals surface area contributed by atoms with Gasteiger partial charge in [-0.15, -0.1) is 0 Å². The summed E-state index contributed by atoms with van der Waals surface area (Å²) in [4.78, 5) is 27.8. The van der Waals surface area contributed by atoms with Gasteiger partial charge in [-0.1, -0.05) is 0 Å². The van der Waals surface area contributed by atoms with Gasteiger partial charge in [0.25, 0.3) is 0 Å². The Kier molecular flexibility index (Phi) is 16.0. The van der Waals surface area contributed by atoms with Crippen LogP contribution in [0.5, 0.6) is 0 Å². The van der Waals surface area contributed by atoms with Crippen molar-refractivity contribution in [3.05, 3.63) is 0 Å². The van der Waals surface area contributed by atoms with Gasteiger partial charge in [0, 0.05) is 0 Å². The topological polar surface area (TPSA) is 55.8 Å². The van der Waals surface area contributed by atoms with Crippen LogP contribution in [0, 0.1) is 0 Å². The Morgan fingerprint density at radius 2 is 1.23 bits per heavy atom. The number of hydrogen-bond acceptors (Lipinski definition) is 4. The Morgan fingerprint density at radius 3 is 1.58 bits per heavy atom. The maximum absolute atomic E-state index is 13.3. The van der Waals surface area contributed by atoms with Gasteiger partial charge < -0.3 is 0 Å². The average Bonchev–Trinajstić information content (AvgIpc) is 2.71. The van der Waals surface area contributed by atoms with Crippen LogP contribution in [0.3, 0.4) is 0 Å². The molecule has 0 heterocycles. The minimum atomic E-state index is -2.97. The molecule has 0 aromatic rings. The van der Waals surface area contributed by atoms with Gasteiger partial charge in [0.2, 0.25) is 0 Å². The van der Waals surface area contributed by atoms with E-state index in [1.165, 1.54) is 44.6 Å². The van der Waals surface area contributed by atoms with Gasteiger partial charge in [0.15, 0.2) is 0 Å². The second-order valence-electron chi connectivity index (χ2n) is 10.0. The summed E-state index contributed by atoms with van der Waals surface area (Å²) in [5, 5.41) is 0. The molecule has 0 saturated heterocycles. The van der Waals surface area contributed by atoms with Crippen LogP contribution in [-0.4, -0.2) is 52.2 Å². The first-order valence-electron chi connectivity index (χ1n) is 12.7. The van der Waals surface area contributed by atoms with Crippen LogP contribution in [-0.2, 0) is 9.47 Å². The van der Waals surface area contributed by atoms with E-state index in [9.17, 15) is 9.59 Å². The molecule has 0 aromatic carbocycles. The Morgan fingerprint density at radius 1 is 0.774 bits per heavy atom. The number of carbonyl (C=O) groups excluding carboxylic acids is 2. The fourth-order valence-corrected chi connectivity index (χ4v) is 23.0. The van der Waals surface area contributed by atoms with Crippen LogP contribution < -0.4 is 0 Å². The maximum atomic E-state index is 13.3. The molecule has 6 heteroatoms. The molecule has 0 fully saturated rings. The predicted octanol–water partition coefficient (Wildman–Crippen LogP) is 8.33. The predicted molar refractivity (Wildman–Crippen MR) is 133 cm³/mol. The summed E-state index contributed by atoms with van der Waals surface area (Å²) in [6, 6.07) is 0. The Bertz CT molecular complexity index is 482. The van der Waals surface area contributed by atoms with Crippen LogP contribution in [0.15, 0.2) is 0 Å². The van der Waals surface area contributed by atoms with Gasteiger partial charge >= 0.3 is 197 Å². The number of unbranched alkanes of at least 4 members (excludes halogenated alkanes) is 5. The summed E-state index contributed by atoms with van der Waals surface area (Å²) in [5.74, 6) is 0. The Labute approximate surface area is 196 Å². The number of amides is 2. The van der Waals surface area contributed by atoms with Gasteiger partial charge in [0.05, 0.1) is 0 Å². The van der Waals surface area contributed by atoms with Gasteiger partial charge in [-0.3, -0.25) is 0 Å². The van der Waals surface area contributed by atoms with E-state index >= 15 is 0 Å². The second kappa shape index (κ2) is 16.2. The molecule has 0 spiro atoms. The molecule has 0 N–H and O–H groups in total. The molecule has 2 amide bonds. The summed E-state index contributed by atoms with van der Waals surface area (Å²) in [7, 11) is 1.38. The molecule has 0 unspecified atom stereocenters. The summed E-state index contributed by atoms with van der Waals surface area (Å²) < 4.78 is 14.6. The van der Waals surface area contributed by atoms with E-state index in [-0.39, 0.29) is 4.06 Å². The monoisotopic (exact) mass is 549 g/mol. The van der Waals surface area contributed by atoms with Crippen molar-refractivity contribution in [1.82, 2.24) is 4.90 Å². The van der Waals surface area contributed by atoms with Crippen molar-refractivity contribution in [3.8, 4) is 0 Å². The minimum absolute atomic E-state index is 0.00722. The molecule has 0 saturated carbocycles. The fourth-order valence-electron chi connectivity index (χ4n) is 4.50. The Hall–Kier alpha value is -0.461. The molecule has 0 aliphatic rings. The van der Waals surface area contributed by atoms with E-state index in [1.54, 1.807) is 0 Å². The average molecular weight is 548 g/mol. The van der Waals surface area contributed by atoms with Crippen molar-refractivity contribution < 1.29 is 19.1 Å². The number of nitrogens with zero attached hydrogens (tertiary/aromatic N) is 1. The molecule has 1 atom stereocenters. The van der Waals surface area contributed by atoms with Gasteiger partial charge in [-0.25, -0.2) is 0 Å². The van der Waals surface area contributed by atoms with Crippen molar-refractivity contribution in [2.45, 2.75) is 136 Å². The first kappa shape index (κ1) is 30.5. The van der Waals surface area contributed by atoms with Crippen LogP contribution in [0.2, 0.25) is 13.3 Å². The molecular formula is C25H51NO4Sn. The van der Waals surface area contributed by atoms with Crippen molar-refractivity contribution >= 4 is 30.6 Å². The zero-order chi connectivity index (χ0) is 23.9. The summed E-state index contributed by atoms with van der Waals surface area (Å²) in [6.07, 6.45) is 10.2. The third-order valence-corrected chi connectivity index (χ3v) is 23.3. The van der Waals surface area contributed by atoms with Gasteiger partial charge in [0.1, 0.15) is 0 Å². The van der Waals surface area contributed by atoms with E-state index < -0.39 is 36.2 Å². The third kappa shape index (κ3) is 11.3. The molecule has 0 rings (SSSR count). The number of imide groups is 1. The standard InChI is InChI=1S/C13H24NO4.3C4H9.Sn/c1-6-7-8-9-10-14(11(15)17-5)12(16)18-13(2,3)4;3*1-3-4-2;/h10H,6-9H2,1-5H3;3*1,3-4H2,2H3;. The number of ether oxygens (including phenoxy) is 2. The van der Waals surface area contributed by atoms with E-state index in [1.807, 2.05) is 20.8 Å². The van der Waals surface area contributed by atoms with E-state index in [4.69, 9.17) is 9.47 Å². The zero-order valence-electron chi connectivity index (χ0n) is 21.8. The number of hydrogen-bond donors (Lipinski definition) is 0. The number of methoxy groups -OCH3 is 1. The van der Waals surface area contributed by atoms with E-state index in [2.05, 4.69) is 27.7 Å². The molecule has 0 radical (unpaired) electrons. The first-order valence-corrected chi connectivity index (χ1v) is 20.4. The number of rotatable bonds is 15. The van der Waals surface area contributed by atoms with Crippen LogP contribution in [0.25, 0.3) is 0 Å². The van der Waals surface area contributed by atoms with Crippen molar-refractivity contribution in [2.75, 3.05) is 7.11 Å². The van der Waals surface area contributed by atoms with Gasteiger partial charge in [-0.05, 0) is 0 Å². The zero-order valence-corrected chi connectivity index (χ0v) is 24.7. The molecule has 0 aliphatic heterocycles.